The Balaban J connectivity index is 1.48. The smallest absolute Gasteiger partial charge is 0.416 e. The second kappa shape index (κ2) is 9.21. The van der Waals surface area contributed by atoms with E-state index in [9.17, 15) is 18.0 Å². The second-order valence-electron chi connectivity index (χ2n) is 7.20. The fourth-order valence-corrected chi connectivity index (χ4v) is 4.58. The second-order valence-corrected chi connectivity index (χ2v) is 9.19. The first-order valence-electron chi connectivity index (χ1n) is 9.57. The van der Waals surface area contributed by atoms with Crippen LogP contribution in [-0.4, -0.2) is 10.9 Å². The summed E-state index contributed by atoms with van der Waals surface area (Å²) in [6.45, 7) is 1.66. The molecule has 0 saturated carbocycles. The molecule has 2 heterocycles. The van der Waals surface area contributed by atoms with Crippen molar-refractivity contribution in [2.24, 2.45) is 0 Å². The first-order valence-corrected chi connectivity index (χ1v) is 11.1. The minimum atomic E-state index is -4.40. The lowest BCUT2D eigenvalue weighted by molar-refractivity contribution is -0.137. The van der Waals surface area contributed by atoms with Gasteiger partial charge in [0.1, 0.15) is 11.5 Å². The highest BCUT2D eigenvalue weighted by Gasteiger charge is 2.30. The third-order valence-electron chi connectivity index (χ3n) is 4.72. The van der Waals surface area contributed by atoms with E-state index in [1.807, 2.05) is 0 Å². The Labute approximate surface area is 201 Å². The predicted molar refractivity (Wildman–Crippen MR) is 123 cm³/mol. The summed E-state index contributed by atoms with van der Waals surface area (Å²) in [5.41, 5.74) is 0.745. The van der Waals surface area contributed by atoms with Gasteiger partial charge in [-0.1, -0.05) is 41.4 Å². The van der Waals surface area contributed by atoms with Gasteiger partial charge in [-0.05, 0) is 42.8 Å². The van der Waals surface area contributed by atoms with Crippen LogP contribution in [0.5, 0.6) is 0 Å². The van der Waals surface area contributed by atoms with Gasteiger partial charge in [-0.15, -0.1) is 11.3 Å². The Morgan fingerprint density at radius 3 is 2.55 bits per heavy atom. The molecular formula is C23H15Cl2F3N2O2S. The molecule has 0 unspecified atom stereocenters. The van der Waals surface area contributed by atoms with Crippen molar-refractivity contribution in [3.05, 3.63) is 92.1 Å². The largest absolute Gasteiger partial charge is 0.461 e. The van der Waals surface area contributed by atoms with Crippen LogP contribution in [0.15, 0.2) is 59.1 Å². The molecule has 2 aromatic heterocycles. The molecule has 0 bridgehead atoms. The first kappa shape index (κ1) is 23.4. The molecular weight excluding hydrogens is 496 g/mol. The van der Waals surface area contributed by atoms with Crippen molar-refractivity contribution in [2.45, 2.75) is 19.5 Å². The zero-order valence-corrected chi connectivity index (χ0v) is 19.3. The molecule has 0 fully saturated rings. The van der Waals surface area contributed by atoms with Gasteiger partial charge in [-0.25, -0.2) is 4.98 Å². The normalized spacial score (nSPS) is 11.6. The maximum absolute atomic E-state index is 12.9. The average Bonchev–Trinajstić information content (AvgIpc) is 3.33. The highest BCUT2D eigenvalue weighted by Crippen LogP contribution is 2.32. The summed E-state index contributed by atoms with van der Waals surface area (Å²) in [5, 5.41) is 3.91. The van der Waals surface area contributed by atoms with E-state index < -0.39 is 17.6 Å². The first-order chi connectivity index (χ1) is 15.6. The Morgan fingerprint density at radius 2 is 1.85 bits per heavy atom. The van der Waals surface area contributed by atoms with E-state index >= 15 is 0 Å². The van der Waals surface area contributed by atoms with E-state index in [4.69, 9.17) is 27.6 Å². The molecule has 0 aliphatic rings. The number of nitrogens with zero attached hydrogens (tertiary/aromatic N) is 1. The van der Waals surface area contributed by atoms with Gasteiger partial charge in [-0.3, -0.25) is 10.1 Å². The van der Waals surface area contributed by atoms with Gasteiger partial charge < -0.3 is 4.42 Å². The van der Waals surface area contributed by atoms with Crippen LogP contribution in [0.25, 0.3) is 11.3 Å². The maximum Gasteiger partial charge on any atom is 0.416 e. The van der Waals surface area contributed by atoms with Gasteiger partial charge in [0.05, 0.1) is 11.1 Å². The van der Waals surface area contributed by atoms with Crippen molar-refractivity contribution in [3.8, 4) is 11.3 Å². The molecule has 10 heteroatoms. The molecule has 0 saturated heterocycles. The minimum absolute atomic E-state index is 0.266. The molecule has 33 heavy (non-hydrogen) atoms. The molecule has 2 aromatic carbocycles. The van der Waals surface area contributed by atoms with Crippen LogP contribution < -0.4 is 5.32 Å². The van der Waals surface area contributed by atoms with E-state index in [0.717, 1.165) is 12.1 Å². The van der Waals surface area contributed by atoms with Crippen LogP contribution in [0.1, 0.15) is 32.1 Å². The van der Waals surface area contributed by atoms with E-state index in [2.05, 4.69) is 10.3 Å². The molecule has 0 aliphatic heterocycles. The van der Waals surface area contributed by atoms with Gasteiger partial charge in [0.15, 0.2) is 5.13 Å². The predicted octanol–water partition coefficient (Wildman–Crippen LogP) is 7.88. The Bertz CT molecular complexity index is 1310. The average molecular weight is 511 g/mol. The van der Waals surface area contributed by atoms with Crippen molar-refractivity contribution in [1.29, 1.82) is 0 Å². The Hall–Kier alpha value is -2.81. The van der Waals surface area contributed by atoms with Crippen LogP contribution >= 0.6 is 34.5 Å². The number of aryl methyl sites for hydroxylation is 1. The number of benzene rings is 2. The van der Waals surface area contributed by atoms with E-state index in [1.54, 1.807) is 37.3 Å². The number of nitrogens with one attached hydrogen (secondary N) is 1. The fourth-order valence-electron chi connectivity index (χ4n) is 3.22. The van der Waals surface area contributed by atoms with Crippen LogP contribution in [0.3, 0.4) is 0 Å². The quantitative estimate of drug-likeness (QED) is 0.297. The summed E-state index contributed by atoms with van der Waals surface area (Å²) in [7, 11) is 0. The SMILES string of the molecule is Cc1oc(-c2cc(Cl)cc(Cl)c2)cc1C(=O)Nc1ncc(Cc2cccc(C(F)(F)F)c2)s1. The van der Waals surface area contributed by atoms with Gasteiger partial charge in [0.2, 0.25) is 0 Å². The monoisotopic (exact) mass is 510 g/mol. The fraction of sp³-hybridized carbons (Fsp3) is 0.130. The number of alkyl halides is 3. The molecule has 1 amide bonds. The number of thiazole rings is 1. The number of hydrogen-bond acceptors (Lipinski definition) is 4. The van der Waals surface area contributed by atoms with Gasteiger partial charge in [0, 0.05) is 33.1 Å². The van der Waals surface area contributed by atoms with E-state index in [1.165, 1.54) is 23.6 Å². The number of amides is 1. The summed E-state index contributed by atoms with van der Waals surface area (Å²) >= 11 is 13.3. The summed E-state index contributed by atoms with van der Waals surface area (Å²) in [6, 6.07) is 11.7. The number of rotatable bonds is 5. The van der Waals surface area contributed by atoms with Gasteiger partial charge in [0.25, 0.3) is 5.91 Å². The zero-order chi connectivity index (χ0) is 23.8. The van der Waals surface area contributed by atoms with Crippen molar-refractivity contribution in [3.63, 3.8) is 0 Å². The third-order valence-corrected chi connectivity index (χ3v) is 6.07. The molecule has 0 spiro atoms. The van der Waals surface area contributed by atoms with Crippen LogP contribution in [0, 0.1) is 6.92 Å². The lowest BCUT2D eigenvalue weighted by Crippen LogP contribution is -2.11. The zero-order valence-electron chi connectivity index (χ0n) is 17.0. The summed E-state index contributed by atoms with van der Waals surface area (Å²) in [5.74, 6) is 0.418. The maximum atomic E-state index is 12.9. The van der Waals surface area contributed by atoms with Crippen molar-refractivity contribution in [2.75, 3.05) is 5.32 Å². The summed E-state index contributed by atoms with van der Waals surface area (Å²) in [6.07, 6.45) is -2.61. The summed E-state index contributed by atoms with van der Waals surface area (Å²) in [4.78, 5) is 17.6. The molecule has 0 atom stereocenters. The van der Waals surface area contributed by atoms with E-state index in [-0.39, 0.29) is 6.42 Å². The van der Waals surface area contributed by atoms with Gasteiger partial charge >= 0.3 is 6.18 Å². The molecule has 4 aromatic rings. The highest BCUT2D eigenvalue weighted by molar-refractivity contribution is 7.15. The van der Waals surface area contributed by atoms with Crippen LogP contribution in [-0.2, 0) is 12.6 Å². The van der Waals surface area contributed by atoms with Crippen molar-refractivity contribution < 1.29 is 22.4 Å². The highest BCUT2D eigenvalue weighted by atomic mass is 35.5. The Morgan fingerprint density at radius 1 is 1.12 bits per heavy atom. The number of hydrogen-bond donors (Lipinski definition) is 1. The number of halogens is 5. The van der Waals surface area contributed by atoms with Crippen molar-refractivity contribution in [1.82, 2.24) is 4.98 Å². The molecule has 170 valence electrons. The standard InChI is InChI=1S/C23H15Cl2F3N2O2S/c1-12-19(10-20(32-12)14-7-16(24)9-17(25)8-14)21(31)30-22-29-11-18(33-22)6-13-3-2-4-15(5-13)23(26,27)28/h2-5,7-11H,6H2,1H3,(H,29,30,31). The number of anilines is 1. The number of aromatic nitrogens is 1. The Kier molecular flexibility index (Phi) is 6.52. The topological polar surface area (TPSA) is 55.1 Å². The molecule has 0 radical (unpaired) electrons. The third kappa shape index (κ3) is 5.58. The summed E-state index contributed by atoms with van der Waals surface area (Å²) < 4.78 is 44.5. The number of carbonyl (C=O) groups excluding carboxylic acids is 1. The molecule has 4 nitrogen and oxygen atoms in total. The minimum Gasteiger partial charge on any atom is -0.461 e. The lowest BCUT2D eigenvalue weighted by Gasteiger charge is -2.07. The van der Waals surface area contributed by atoms with Crippen LogP contribution in [0.2, 0.25) is 10.0 Å². The number of furan rings is 1. The molecule has 4 rings (SSSR count). The molecule has 0 aliphatic carbocycles. The van der Waals surface area contributed by atoms with Gasteiger partial charge in [-0.2, -0.15) is 13.2 Å². The van der Waals surface area contributed by atoms with Crippen molar-refractivity contribution >= 4 is 45.6 Å². The number of carbonyl (C=O) groups is 1. The van der Waals surface area contributed by atoms with Crippen LogP contribution in [0.4, 0.5) is 18.3 Å². The van der Waals surface area contributed by atoms with E-state index in [0.29, 0.717) is 48.3 Å². The lowest BCUT2D eigenvalue weighted by atomic mass is 10.1. The molecule has 1 N–H and O–H groups in total.